The molecule has 1 aliphatic rings. The highest BCUT2D eigenvalue weighted by molar-refractivity contribution is 7.90. The average molecular weight is 574 g/mol. The summed E-state index contributed by atoms with van der Waals surface area (Å²) in [5.41, 5.74) is -3.82. The highest BCUT2D eigenvalue weighted by Gasteiger charge is 2.46. The fourth-order valence-electron chi connectivity index (χ4n) is 4.55. The van der Waals surface area contributed by atoms with Gasteiger partial charge in [0.1, 0.15) is 17.7 Å². The number of carbonyl (C=O) groups excluding carboxylic acids is 2. The standard InChI is InChI=1S/C26H34F3N3O6S/c1-3-4-5-6-9-23(33)21-17-38-25(30-21)22-8-7-14-32(22)16-19-15-20(37-2)12-10-18(19)11-13-24(34)31-39(35,36)26(27,28)29/h10,12,15,17,22H,3-9,11,13-14,16H2,1-2H3,(H,31,34)/t22-/m0/s1. The minimum atomic E-state index is -5.76. The van der Waals surface area contributed by atoms with Crippen LogP contribution in [0.3, 0.4) is 0 Å². The lowest BCUT2D eigenvalue weighted by Gasteiger charge is -2.24. The molecule has 216 valence electrons. The topological polar surface area (TPSA) is 119 Å². The first-order valence-corrected chi connectivity index (χ1v) is 14.4. The molecule has 1 amide bonds. The van der Waals surface area contributed by atoms with Crippen molar-refractivity contribution < 1.29 is 40.3 Å². The van der Waals surface area contributed by atoms with Gasteiger partial charge in [-0.3, -0.25) is 14.5 Å². The summed E-state index contributed by atoms with van der Waals surface area (Å²) in [4.78, 5) is 31.1. The van der Waals surface area contributed by atoms with Crippen LogP contribution >= 0.6 is 0 Å². The third kappa shape index (κ3) is 8.28. The van der Waals surface area contributed by atoms with Crippen molar-refractivity contribution in [2.24, 2.45) is 0 Å². The Kier molecular flexibility index (Phi) is 10.5. The summed E-state index contributed by atoms with van der Waals surface area (Å²) in [5, 5.41) is 0. The van der Waals surface area contributed by atoms with Crippen LogP contribution in [0.4, 0.5) is 13.2 Å². The largest absolute Gasteiger partial charge is 0.516 e. The van der Waals surface area contributed by atoms with Gasteiger partial charge in [-0.05, 0) is 55.5 Å². The molecule has 9 nitrogen and oxygen atoms in total. The Morgan fingerprint density at radius 3 is 2.64 bits per heavy atom. The minimum Gasteiger partial charge on any atom is -0.497 e. The number of unbranched alkanes of at least 4 members (excludes halogenated alkanes) is 3. The average Bonchev–Trinajstić information content (AvgIpc) is 3.54. The third-order valence-electron chi connectivity index (χ3n) is 6.67. The number of Topliss-reactive ketones (excluding diaryl/α,β-unsaturated/α-hetero) is 1. The molecule has 0 radical (unpaired) electrons. The SMILES string of the molecule is CCCCCCC(=O)c1coc([C@@H]2CCCN2Cc2cc(OC)ccc2CCC(=O)NS(=O)(=O)C(F)(F)F)n1. The number of aryl methyl sites for hydroxylation is 1. The maximum Gasteiger partial charge on any atom is 0.516 e. The Balaban J connectivity index is 1.69. The predicted octanol–water partition coefficient (Wildman–Crippen LogP) is 5.07. The Labute approximate surface area is 226 Å². The lowest BCUT2D eigenvalue weighted by Crippen LogP contribution is -2.40. The molecule has 0 bridgehead atoms. The number of hydrogen-bond donors (Lipinski definition) is 1. The van der Waals surface area contributed by atoms with Crippen LogP contribution in [-0.4, -0.2) is 49.2 Å². The van der Waals surface area contributed by atoms with E-state index in [2.05, 4.69) is 16.8 Å². The van der Waals surface area contributed by atoms with E-state index < -0.39 is 27.9 Å². The van der Waals surface area contributed by atoms with Crippen molar-refractivity contribution >= 4 is 21.7 Å². The molecule has 1 fully saturated rings. The Hall–Kier alpha value is -2.93. The molecule has 1 saturated heterocycles. The normalized spacial score (nSPS) is 16.4. The highest BCUT2D eigenvalue weighted by atomic mass is 32.2. The molecule has 0 unspecified atom stereocenters. The molecule has 1 aromatic heterocycles. The summed E-state index contributed by atoms with van der Waals surface area (Å²) >= 11 is 0. The molecule has 2 aromatic rings. The number of nitrogens with zero attached hydrogens (tertiary/aromatic N) is 2. The number of ether oxygens (including phenoxy) is 1. The van der Waals surface area contributed by atoms with Gasteiger partial charge in [0.25, 0.3) is 0 Å². The van der Waals surface area contributed by atoms with Gasteiger partial charge in [-0.1, -0.05) is 32.3 Å². The van der Waals surface area contributed by atoms with E-state index in [1.165, 1.54) is 13.4 Å². The van der Waals surface area contributed by atoms with E-state index in [0.29, 0.717) is 42.4 Å². The van der Waals surface area contributed by atoms with Gasteiger partial charge >= 0.3 is 15.5 Å². The number of sulfonamides is 1. The second kappa shape index (κ2) is 13.4. The molecule has 0 saturated carbocycles. The van der Waals surface area contributed by atoms with Gasteiger partial charge in [0.2, 0.25) is 11.8 Å². The fraction of sp³-hybridized carbons (Fsp3) is 0.577. The number of halogens is 3. The molecular weight excluding hydrogens is 539 g/mol. The first-order chi connectivity index (χ1) is 18.4. The third-order valence-corrected chi connectivity index (χ3v) is 7.78. The van der Waals surface area contributed by atoms with Gasteiger partial charge in [-0.2, -0.15) is 21.6 Å². The summed E-state index contributed by atoms with van der Waals surface area (Å²) in [6.45, 7) is 3.23. The minimum absolute atomic E-state index is 0.0206. The number of ketones is 1. The van der Waals surface area contributed by atoms with Gasteiger partial charge in [-0.25, -0.2) is 9.71 Å². The summed E-state index contributed by atoms with van der Waals surface area (Å²) in [7, 11) is -4.26. The molecule has 13 heteroatoms. The lowest BCUT2D eigenvalue weighted by molar-refractivity contribution is -0.120. The zero-order valence-corrected chi connectivity index (χ0v) is 22.9. The van der Waals surface area contributed by atoms with E-state index >= 15 is 0 Å². The molecule has 1 N–H and O–H groups in total. The van der Waals surface area contributed by atoms with E-state index in [-0.39, 0.29) is 18.2 Å². The quantitative estimate of drug-likeness (QED) is 0.246. The summed E-state index contributed by atoms with van der Waals surface area (Å²) in [6.07, 6.45) is 6.99. The Bertz CT molecular complexity index is 1250. The number of benzene rings is 1. The molecule has 1 aliphatic heterocycles. The maximum absolute atomic E-state index is 12.6. The monoisotopic (exact) mass is 573 g/mol. The van der Waals surface area contributed by atoms with Crippen LogP contribution in [-0.2, 0) is 27.8 Å². The number of carbonyl (C=O) groups is 2. The number of likely N-dealkylation sites (tertiary alicyclic amines) is 1. The molecule has 0 aliphatic carbocycles. The van der Waals surface area contributed by atoms with Gasteiger partial charge in [0, 0.05) is 19.4 Å². The summed E-state index contributed by atoms with van der Waals surface area (Å²) in [6, 6.07) is 4.96. The van der Waals surface area contributed by atoms with E-state index in [9.17, 15) is 31.2 Å². The van der Waals surface area contributed by atoms with Crippen molar-refractivity contribution in [2.45, 2.75) is 82.8 Å². The van der Waals surface area contributed by atoms with Crippen LogP contribution in [0, 0.1) is 0 Å². The van der Waals surface area contributed by atoms with Gasteiger partial charge in [0.05, 0.1) is 13.2 Å². The number of alkyl halides is 3. The van der Waals surface area contributed by atoms with Crippen molar-refractivity contribution in [2.75, 3.05) is 13.7 Å². The Morgan fingerprint density at radius 1 is 1.18 bits per heavy atom. The van der Waals surface area contributed by atoms with E-state index in [1.54, 1.807) is 18.2 Å². The van der Waals surface area contributed by atoms with Crippen molar-refractivity contribution in [3.05, 3.63) is 47.2 Å². The zero-order chi connectivity index (χ0) is 28.6. The number of nitrogens with one attached hydrogen (secondary N) is 1. The van der Waals surface area contributed by atoms with Crippen LogP contribution < -0.4 is 9.46 Å². The van der Waals surface area contributed by atoms with E-state index in [0.717, 1.165) is 48.8 Å². The number of methoxy groups -OCH3 is 1. The predicted molar refractivity (Wildman–Crippen MR) is 136 cm³/mol. The van der Waals surface area contributed by atoms with Crippen molar-refractivity contribution in [1.82, 2.24) is 14.6 Å². The van der Waals surface area contributed by atoms with Gasteiger partial charge in [-0.15, -0.1) is 0 Å². The number of oxazole rings is 1. The first kappa shape index (κ1) is 30.6. The molecule has 0 spiro atoms. The lowest BCUT2D eigenvalue weighted by atomic mass is 10.0. The van der Waals surface area contributed by atoms with Crippen molar-refractivity contribution in [3.8, 4) is 5.75 Å². The number of aromatic nitrogens is 1. The van der Waals surface area contributed by atoms with Gasteiger partial charge < -0.3 is 9.15 Å². The number of amides is 1. The summed E-state index contributed by atoms with van der Waals surface area (Å²) < 4.78 is 72.3. The Morgan fingerprint density at radius 2 is 1.95 bits per heavy atom. The van der Waals surface area contributed by atoms with Crippen molar-refractivity contribution in [1.29, 1.82) is 0 Å². The second-order valence-corrected chi connectivity index (χ2v) is 11.2. The van der Waals surface area contributed by atoms with Gasteiger partial charge in [0.15, 0.2) is 5.78 Å². The van der Waals surface area contributed by atoms with Crippen LogP contribution in [0.5, 0.6) is 5.75 Å². The summed E-state index contributed by atoms with van der Waals surface area (Å²) in [5.74, 6) is -0.294. The van der Waals surface area contributed by atoms with Crippen LogP contribution in [0.2, 0.25) is 0 Å². The molecule has 39 heavy (non-hydrogen) atoms. The van der Waals surface area contributed by atoms with Crippen LogP contribution in [0.1, 0.15) is 91.8 Å². The maximum atomic E-state index is 12.6. The molecule has 1 aromatic carbocycles. The second-order valence-electron chi connectivity index (χ2n) is 9.54. The van der Waals surface area contributed by atoms with E-state index in [4.69, 9.17) is 9.15 Å². The van der Waals surface area contributed by atoms with Crippen molar-refractivity contribution in [3.63, 3.8) is 0 Å². The molecule has 2 heterocycles. The first-order valence-electron chi connectivity index (χ1n) is 13.0. The smallest absolute Gasteiger partial charge is 0.497 e. The van der Waals surface area contributed by atoms with Crippen LogP contribution in [0.15, 0.2) is 28.9 Å². The molecule has 1 atom stereocenters. The van der Waals surface area contributed by atoms with Crippen LogP contribution in [0.25, 0.3) is 0 Å². The van der Waals surface area contributed by atoms with E-state index in [1.807, 2.05) is 0 Å². The number of rotatable bonds is 14. The highest BCUT2D eigenvalue weighted by Crippen LogP contribution is 2.34. The number of hydrogen-bond acceptors (Lipinski definition) is 8. The molecular formula is C26H34F3N3O6S. The molecule has 3 rings (SSSR count). The fourth-order valence-corrected chi connectivity index (χ4v) is 5.07. The zero-order valence-electron chi connectivity index (χ0n) is 22.1.